The number of hydrogen-bond acceptors (Lipinski definition) is 4. The van der Waals surface area contributed by atoms with Gasteiger partial charge in [0.1, 0.15) is 17.3 Å². The normalized spacial score (nSPS) is 14.9. The molecule has 0 unspecified atom stereocenters. The molecule has 7 nitrogen and oxygen atoms in total. The van der Waals surface area contributed by atoms with E-state index in [9.17, 15) is 13.6 Å². The topological polar surface area (TPSA) is 84.7 Å². The van der Waals surface area contributed by atoms with Crippen LogP contribution in [0.3, 0.4) is 0 Å². The smallest absolute Gasteiger partial charge is 0.319 e. The van der Waals surface area contributed by atoms with Crippen LogP contribution in [-0.4, -0.2) is 26.2 Å². The fourth-order valence-corrected chi connectivity index (χ4v) is 2.70. The van der Waals surface area contributed by atoms with Crippen molar-refractivity contribution in [2.45, 2.75) is 38.3 Å². The molecule has 23 heavy (non-hydrogen) atoms. The zero-order chi connectivity index (χ0) is 16.2. The summed E-state index contributed by atoms with van der Waals surface area (Å²) in [4.78, 5) is 11.8. The van der Waals surface area contributed by atoms with E-state index in [1.54, 1.807) is 4.68 Å². The number of carbonyl (C=O) groups excluding carboxylic acids is 1. The van der Waals surface area contributed by atoms with Crippen molar-refractivity contribution in [3.8, 4) is 0 Å². The molecule has 0 radical (unpaired) electrons. The Kier molecular flexibility index (Phi) is 4.45. The van der Waals surface area contributed by atoms with E-state index in [2.05, 4.69) is 26.2 Å². The Morgan fingerprint density at radius 1 is 1.26 bits per heavy atom. The van der Waals surface area contributed by atoms with Gasteiger partial charge in [0.15, 0.2) is 5.82 Å². The third kappa shape index (κ3) is 3.43. The second kappa shape index (κ2) is 6.67. The number of nitrogens with one attached hydrogen (secondary N) is 2. The highest BCUT2D eigenvalue weighted by Gasteiger charge is 2.21. The first-order chi connectivity index (χ1) is 11.1. The van der Waals surface area contributed by atoms with Crippen LogP contribution in [0, 0.1) is 11.6 Å². The molecule has 0 saturated heterocycles. The molecule has 2 aromatic rings. The lowest BCUT2D eigenvalue weighted by molar-refractivity contribution is 0.251. The average molecular weight is 322 g/mol. The molecule has 1 aliphatic carbocycles. The lowest BCUT2D eigenvalue weighted by Gasteiger charge is -2.12. The Hall–Kier alpha value is -2.58. The summed E-state index contributed by atoms with van der Waals surface area (Å²) in [7, 11) is 0. The van der Waals surface area contributed by atoms with Crippen LogP contribution in [0.1, 0.15) is 37.5 Å². The largest absolute Gasteiger partial charge is 0.331 e. The Balaban J connectivity index is 1.60. The maximum atomic E-state index is 13.5. The maximum Gasteiger partial charge on any atom is 0.319 e. The van der Waals surface area contributed by atoms with Crippen molar-refractivity contribution < 1.29 is 13.6 Å². The highest BCUT2D eigenvalue weighted by Crippen LogP contribution is 2.29. The van der Waals surface area contributed by atoms with Gasteiger partial charge in [-0.2, -0.15) is 0 Å². The van der Waals surface area contributed by atoms with Gasteiger partial charge in [-0.15, -0.1) is 5.10 Å². The van der Waals surface area contributed by atoms with Crippen molar-refractivity contribution in [3.63, 3.8) is 0 Å². The van der Waals surface area contributed by atoms with Gasteiger partial charge >= 0.3 is 6.03 Å². The predicted molar refractivity (Wildman–Crippen MR) is 77.5 cm³/mol. The summed E-state index contributed by atoms with van der Waals surface area (Å²) in [5, 5.41) is 16.1. The summed E-state index contributed by atoms with van der Waals surface area (Å²) in [6, 6.07) is 2.88. The van der Waals surface area contributed by atoms with Crippen molar-refractivity contribution in [2.24, 2.45) is 0 Å². The van der Waals surface area contributed by atoms with Crippen molar-refractivity contribution in [2.75, 3.05) is 5.32 Å². The van der Waals surface area contributed by atoms with Crippen LogP contribution in [0.4, 0.5) is 19.3 Å². The third-order valence-corrected chi connectivity index (χ3v) is 3.84. The molecule has 0 bridgehead atoms. The van der Waals surface area contributed by atoms with Gasteiger partial charge in [0.25, 0.3) is 0 Å². The van der Waals surface area contributed by atoms with E-state index in [4.69, 9.17) is 0 Å². The Morgan fingerprint density at radius 3 is 2.65 bits per heavy atom. The standard InChI is InChI=1S/C14H16F2N6O/c15-10-6-3-7-11(16)13(10)18-14(23)17-8-12-19-20-21-22(12)9-4-1-2-5-9/h3,6-7,9H,1-2,4-5,8H2,(H2,17,18,23). The molecule has 1 fully saturated rings. The summed E-state index contributed by atoms with van der Waals surface area (Å²) < 4.78 is 28.7. The zero-order valence-corrected chi connectivity index (χ0v) is 12.3. The van der Waals surface area contributed by atoms with E-state index in [0.717, 1.165) is 37.8 Å². The van der Waals surface area contributed by atoms with E-state index in [1.807, 2.05) is 0 Å². The van der Waals surface area contributed by atoms with Gasteiger partial charge in [0, 0.05) is 0 Å². The number of amides is 2. The first-order valence-corrected chi connectivity index (χ1v) is 7.41. The Morgan fingerprint density at radius 2 is 1.96 bits per heavy atom. The number of rotatable bonds is 4. The second-order valence-corrected chi connectivity index (χ2v) is 5.38. The third-order valence-electron chi connectivity index (χ3n) is 3.84. The number of anilines is 1. The van der Waals surface area contributed by atoms with Crippen LogP contribution in [-0.2, 0) is 6.54 Å². The molecule has 1 aromatic carbocycles. The van der Waals surface area contributed by atoms with Gasteiger partial charge in [-0.05, 0) is 35.4 Å². The molecule has 1 saturated carbocycles. The summed E-state index contributed by atoms with van der Waals surface area (Å²) in [6.45, 7) is 0.0748. The summed E-state index contributed by atoms with van der Waals surface area (Å²) in [5.41, 5.74) is -0.486. The molecule has 3 rings (SSSR count). The highest BCUT2D eigenvalue weighted by atomic mass is 19.1. The van der Waals surface area contributed by atoms with Gasteiger partial charge in [-0.3, -0.25) is 0 Å². The van der Waals surface area contributed by atoms with Crippen molar-refractivity contribution in [1.29, 1.82) is 0 Å². The number of benzene rings is 1. The van der Waals surface area contributed by atoms with Gasteiger partial charge in [-0.1, -0.05) is 18.9 Å². The number of carbonyl (C=O) groups is 1. The van der Waals surface area contributed by atoms with Crippen LogP contribution in [0.2, 0.25) is 0 Å². The molecule has 2 amide bonds. The van der Waals surface area contributed by atoms with E-state index in [0.29, 0.717) is 5.82 Å². The lowest BCUT2D eigenvalue weighted by Crippen LogP contribution is -2.30. The molecule has 1 aliphatic rings. The Labute approximate surface area is 131 Å². The SMILES string of the molecule is O=C(NCc1nnnn1C1CCCC1)Nc1c(F)cccc1F. The van der Waals surface area contributed by atoms with Crippen molar-refractivity contribution in [1.82, 2.24) is 25.5 Å². The molecule has 9 heteroatoms. The average Bonchev–Trinajstić information content (AvgIpc) is 3.19. The van der Waals surface area contributed by atoms with Gasteiger partial charge in [0.05, 0.1) is 12.6 Å². The lowest BCUT2D eigenvalue weighted by atomic mass is 10.2. The van der Waals surface area contributed by atoms with Gasteiger partial charge in [0.2, 0.25) is 0 Å². The molecule has 0 aliphatic heterocycles. The number of urea groups is 1. The van der Waals surface area contributed by atoms with Gasteiger partial charge in [-0.25, -0.2) is 18.3 Å². The van der Waals surface area contributed by atoms with Crippen LogP contribution in [0.15, 0.2) is 18.2 Å². The highest BCUT2D eigenvalue weighted by molar-refractivity contribution is 5.89. The monoisotopic (exact) mass is 322 g/mol. The summed E-state index contributed by atoms with van der Waals surface area (Å²) in [5.74, 6) is -1.16. The number of tetrazole rings is 1. The maximum absolute atomic E-state index is 13.5. The Bertz CT molecular complexity index is 678. The van der Waals surface area contributed by atoms with E-state index >= 15 is 0 Å². The molecule has 1 aromatic heterocycles. The molecule has 2 N–H and O–H groups in total. The van der Waals surface area contributed by atoms with Crippen LogP contribution >= 0.6 is 0 Å². The number of para-hydroxylation sites is 1. The summed E-state index contributed by atoms with van der Waals surface area (Å²) in [6.07, 6.45) is 4.27. The van der Waals surface area contributed by atoms with Crippen LogP contribution < -0.4 is 10.6 Å². The van der Waals surface area contributed by atoms with E-state index < -0.39 is 23.4 Å². The first kappa shape index (κ1) is 15.3. The molecular weight excluding hydrogens is 306 g/mol. The zero-order valence-electron chi connectivity index (χ0n) is 12.3. The fourth-order valence-electron chi connectivity index (χ4n) is 2.70. The van der Waals surface area contributed by atoms with Crippen LogP contribution in [0.25, 0.3) is 0 Å². The van der Waals surface area contributed by atoms with Gasteiger partial charge < -0.3 is 10.6 Å². The van der Waals surface area contributed by atoms with Crippen LogP contribution in [0.5, 0.6) is 0 Å². The molecule has 0 atom stereocenters. The number of halogens is 2. The molecular formula is C14H16F2N6O. The fraction of sp³-hybridized carbons (Fsp3) is 0.429. The minimum Gasteiger partial charge on any atom is -0.331 e. The van der Waals surface area contributed by atoms with Crippen molar-refractivity contribution in [3.05, 3.63) is 35.7 Å². The summed E-state index contributed by atoms with van der Waals surface area (Å²) >= 11 is 0. The number of aromatic nitrogens is 4. The molecule has 1 heterocycles. The number of hydrogen-bond donors (Lipinski definition) is 2. The quantitative estimate of drug-likeness (QED) is 0.905. The molecule has 0 spiro atoms. The first-order valence-electron chi connectivity index (χ1n) is 7.41. The van der Waals surface area contributed by atoms with E-state index in [-0.39, 0.29) is 12.6 Å². The predicted octanol–water partition coefficient (Wildman–Crippen LogP) is 2.39. The minimum atomic E-state index is -0.837. The minimum absolute atomic E-state index is 0.0748. The number of nitrogens with zero attached hydrogens (tertiary/aromatic N) is 4. The van der Waals surface area contributed by atoms with Crippen molar-refractivity contribution >= 4 is 11.7 Å². The molecule has 122 valence electrons. The second-order valence-electron chi connectivity index (χ2n) is 5.38. The van der Waals surface area contributed by atoms with E-state index in [1.165, 1.54) is 6.07 Å².